The fraction of sp³-hybridized carbons (Fsp3) is 0.545. The first kappa shape index (κ1) is 13.0. The number of aromatic nitrogens is 1. The summed E-state index contributed by atoms with van der Waals surface area (Å²) in [4.78, 5) is 4.17. The Labute approximate surface area is 109 Å². The third-order valence-corrected chi connectivity index (χ3v) is 5.28. The van der Waals surface area contributed by atoms with E-state index >= 15 is 0 Å². The summed E-state index contributed by atoms with van der Waals surface area (Å²) in [6.45, 7) is 0. The highest BCUT2D eigenvalue weighted by Gasteiger charge is 2.32. The van der Waals surface area contributed by atoms with Crippen LogP contribution in [0.1, 0.15) is 12.1 Å². The van der Waals surface area contributed by atoms with Gasteiger partial charge in [0.1, 0.15) is 0 Å². The van der Waals surface area contributed by atoms with Crippen molar-refractivity contribution < 1.29 is 13.5 Å². The van der Waals surface area contributed by atoms with E-state index in [1.54, 1.807) is 6.20 Å². The van der Waals surface area contributed by atoms with Crippen molar-refractivity contribution >= 4 is 25.8 Å². The minimum absolute atomic E-state index is 0.102. The average Bonchev–Trinajstić information content (AvgIpc) is 2.62. The van der Waals surface area contributed by atoms with E-state index in [0.29, 0.717) is 12.8 Å². The van der Waals surface area contributed by atoms with Crippen LogP contribution in [0.15, 0.2) is 22.8 Å². The first-order valence-corrected chi connectivity index (χ1v) is 8.07. The quantitative estimate of drug-likeness (QED) is 0.908. The molecule has 1 aliphatic heterocycles. The zero-order valence-corrected chi connectivity index (χ0v) is 11.6. The van der Waals surface area contributed by atoms with Gasteiger partial charge in [0.2, 0.25) is 0 Å². The van der Waals surface area contributed by atoms with E-state index < -0.39 is 15.9 Å². The Balaban J connectivity index is 1.98. The molecule has 0 saturated carbocycles. The summed E-state index contributed by atoms with van der Waals surface area (Å²) in [5.74, 6) is 0.151. The van der Waals surface area contributed by atoms with E-state index in [1.165, 1.54) is 0 Å². The van der Waals surface area contributed by atoms with Gasteiger partial charge in [-0.15, -0.1) is 0 Å². The lowest BCUT2D eigenvalue weighted by molar-refractivity contribution is 0.119. The average molecular weight is 320 g/mol. The lowest BCUT2D eigenvalue weighted by Crippen LogP contribution is -2.24. The summed E-state index contributed by atoms with van der Waals surface area (Å²) in [7, 11) is -2.93. The number of sulfone groups is 1. The third kappa shape index (κ3) is 3.50. The van der Waals surface area contributed by atoms with Gasteiger partial charge in [-0.2, -0.15) is 0 Å². The van der Waals surface area contributed by atoms with Crippen LogP contribution >= 0.6 is 15.9 Å². The molecular weight excluding hydrogens is 306 g/mol. The van der Waals surface area contributed by atoms with Crippen molar-refractivity contribution in [2.24, 2.45) is 5.92 Å². The minimum Gasteiger partial charge on any atom is -0.392 e. The highest BCUT2D eigenvalue weighted by atomic mass is 79.9. The van der Waals surface area contributed by atoms with Crippen molar-refractivity contribution in [2.45, 2.75) is 18.9 Å². The Hall–Kier alpha value is -0.460. The fourth-order valence-electron chi connectivity index (χ4n) is 2.04. The highest BCUT2D eigenvalue weighted by Crippen LogP contribution is 2.23. The van der Waals surface area contributed by atoms with Gasteiger partial charge in [-0.05, 0) is 34.5 Å². The molecule has 2 atom stereocenters. The molecule has 1 aliphatic rings. The molecule has 17 heavy (non-hydrogen) atoms. The van der Waals surface area contributed by atoms with Crippen LogP contribution in [-0.2, 0) is 16.3 Å². The standard InChI is InChI=1S/C11H14BrNO3S/c12-9-1-2-10(13-6-9)5-11(14)8-3-4-17(15,16)7-8/h1-2,6,8,11,14H,3-5,7H2. The number of halogens is 1. The lowest BCUT2D eigenvalue weighted by atomic mass is 9.98. The Kier molecular flexibility index (Phi) is 3.85. The van der Waals surface area contributed by atoms with Crippen LogP contribution in [0.5, 0.6) is 0 Å². The molecule has 0 amide bonds. The fourth-order valence-corrected chi connectivity index (χ4v) is 4.14. The molecule has 1 N–H and O–H groups in total. The minimum atomic E-state index is -2.93. The van der Waals surface area contributed by atoms with Gasteiger partial charge in [-0.3, -0.25) is 4.98 Å². The molecule has 94 valence electrons. The van der Waals surface area contributed by atoms with E-state index in [1.807, 2.05) is 12.1 Å². The number of aliphatic hydroxyl groups is 1. The van der Waals surface area contributed by atoms with Crippen LogP contribution in [0, 0.1) is 5.92 Å². The Morgan fingerprint density at radius 2 is 2.29 bits per heavy atom. The molecule has 0 spiro atoms. The van der Waals surface area contributed by atoms with Crippen LogP contribution in [0.3, 0.4) is 0 Å². The molecule has 2 unspecified atom stereocenters. The molecule has 4 nitrogen and oxygen atoms in total. The van der Waals surface area contributed by atoms with Crippen molar-refractivity contribution in [2.75, 3.05) is 11.5 Å². The molecule has 0 aromatic carbocycles. The normalized spacial score (nSPS) is 24.7. The largest absolute Gasteiger partial charge is 0.392 e. The summed E-state index contributed by atoms with van der Waals surface area (Å²) >= 11 is 3.29. The summed E-state index contributed by atoms with van der Waals surface area (Å²) in [6, 6.07) is 3.69. The van der Waals surface area contributed by atoms with E-state index in [0.717, 1.165) is 10.2 Å². The second-order valence-electron chi connectivity index (χ2n) is 4.40. The van der Waals surface area contributed by atoms with E-state index in [2.05, 4.69) is 20.9 Å². The highest BCUT2D eigenvalue weighted by molar-refractivity contribution is 9.10. The predicted molar refractivity (Wildman–Crippen MR) is 68.4 cm³/mol. The van der Waals surface area contributed by atoms with Gasteiger partial charge < -0.3 is 5.11 Å². The monoisotopic (exact) mass is 319 g/mol. The molecule has 2 rings (SSSR count). The maximum absolute atomic E-state index is 11.3. The molecule has 1 aromatic rings. The van der Waals surface area contributed by atoms with Gasteiger partial charge in [0.05, 0.1) is 17.6 Å². The van der Waals surface area contributed by atoms with Crippen LogP contribution in [0.4, 0.5) is 0 Å². The second kappa shape index (κ2) is 5.04. The molecule has 0 aliphatic carbocycles. The van der Waals surface area contributed by atoms with Gasteiger partial charge >= 0.3 is 0 Å². The number of hydrogen-bond donors (Lipinski definition) is 1. The summed E-state index contributed by atoms with van der Waals surface area (Å²) in [5.41, 5.74) is 0.782. The second-order valence-corrected chi connectivity index (χ2v) is 7.55. The molecule has 2 heterocycles. The summed E-state index contributed by atoms with van der Waals surface area (Å²) in [5, 5.41) is 9.99. The lowest BCUT2D eigenvalue weighted by Gasteiger charge is -2.15. The van der Waals surface area contributed by atoms with Crippen LogP contribution in [-0.4, -0.2) is 36.1 Å². The van der Waals surface area contributed by atoms with Crippen LogP contribution < -0.4 is 0 Å². The Bertz CT molecular complexity index is 486. The first-order chi connectivity index (χ1) is 7.96. The maximum Gasteiger partial charge on any atom is 0.150 e. The molecule has 0 radical (unpaired) electrons. The van der Waals surface area contributed by atoms with Crippen molar-refractivity contribution in [1.82, 2.24) is 4.98 Å². The van der Waals surface area contributed by atoms with E-state index in [9.17, 15) is 13.5 Å². The van der Waals surface area contributed by atoms with Crippen LogP contribution in [0.25, 0.3) is 0 Å². The van der Waals surface area contributed by atoms with Gasteiger partial charge in [-0.1, -0.05) is 0 Å². The van der Waals surface area contributed by atoms with Gasteiger partial charge in [-0.25, -0.2) is 8.42 Å². The van der Waals surface area contributed by atoms with Gasteiger partial charge in [0, 0.05) is 28.7 Å². The third-order valence-electron chi connectivity index (χ3n) is 3.02. The first-order valence-electron chi connectivity index (χ1n) is 5.45. The van der Waals surface area contributed by atoms with E-state index in [4.69, 9.17) is 0 Å². The number of nitrogens with zero attached hydrogens (tertiary/aromatic N) is 1. The van der Waals surface area contributed by atoms with Gasteiger partial charge in [0.15, 0.2) is 9.84 Å². The Morgan fingerprint density at radius 3 is 2.82 bits per heavy atom. The number of aliphatic hydroxyl groups excluding tert-OH is 1. The zero-order chi connectivity index (χ0) is 12.5. The zero-order valence-electron chi connectivity index (χ0n) is 9.21. The molecule has 1 fully saturated rings. The SMILES string of the molecule is O=S1(=O)CCC(C(O)Cc2ccc(Br)cn2)C1. The van der Waals surface area contributed by atoms with Gasteiger partial charge in [0.25, 0.3) is 0 Å². The Morgan fingerprint density at radius 1 is 1.53 bits per heavy atom. The smallest absolute Gasteiger partial charge is 0.150 e. The molecule has 1 aromatic heterocycles. The molecule has 0 bridgehead atoms. The van der Waals surface area contributed by atoms with Crippen molar-refractivity contribution in [3.63, 3.8) is 0 Å². The van der Waals surface area contributed by atoms with Crippen molar-refractivity contribution in [3.8, 4) is 0 Å². The summed E-state index contributed by atoms with van der Waals surface area (Å²) in [6.07, 6.45) is 2.02. The maximum atomic E-state index is 11.3. The van der Waals surface area contributed by atoms with Crippen molar-refractivity contribution in [3.05, 3.63) is 28.5 Å². The number of pyridine rings is 1. The topological polar surface area (TPSA) is 67.3 Å². The predicted octanol–water partition coefficient (Wildman–Crippen LogP) is 1.18. The molecule has 1 saturated heterocycles. The number of rotatable bonds is 3. The molecular formula is C11H14BrNO3S. The van der Waals surface area contributed by atoms with Crippen LogP contribution in [0.2, 0.25) is 0 Å². The summed E-state index contributed by atoms with van der Waals surface area (Å²) < 4.78 is 23.5. The van der Waals surface area contributed by atoms with E-state index in [-0.39, 0.29) is 17.4 Å². The van der Waals surface area contributed by atoms with Crippen molar-refractivity contribution in [1.29, 1.82) is 0 Å². The molecule has 6 heteroatoms. The number of hydrogen-bond acceptors (Lipinski definition) is 4.